The highest BCUT2D eigenvalue weighted by Gasteiger charge is 2.42. The van der Waals surface area contributed by atoms with Gasteiger partial charge in [-0.2, -0.15) is 0 Å². The van der Waals surface area contributed by atoms with Crippen LogP contribution in [0.4, 0.5) is 5.69 Å². The summed E-state index contributed by atoms with van der Waals surface area (Å²) in [6.07, 6.45) is 6.70. The van der Waals surface area contributed by atoms with Gasteiger partial charge in [0, 0.05) is 16.8 Å². The van der Waals surface area contributed by atoms with Gasteiger partial charge in [-0.3, -0.25) is 4.79 Å². The Kier molecular flexibility index (Phi) is 5.98. The largest absolute Gasteiger partial charge is 0.356 e. The molecule has 1 unspecified atom stereocenters. The van der Waals surface area contributed by atoms with Gasteiger partial charge in [0.1, 0.15) is 0 Å². The Hall–Kier alpha value is -1.91. The molecule has 2 aliphatic rings. The average Bonchev–Trinajstić information content (AvgIpc) is 3.00. The third kappa shape index (κ3) is 4.23. The number of nitrogens with zero attached hydrogens (tertiary/aromatic N) is 1. The van der Waals surface area contributed by atoms with Crippen LogP contribution in [0.25, 0.3) is 6.08 Å². The van der Waals surface area contributed by atoms with E-state index in [1.54, 1.807) is 11.8 Å². The maximum absolute atomic E-state index is 13.4. The summed E-state index contributed by atoms with van der Waals surface area (Å²) in [6, 6.07) is 18.0. The molecular formula is C23H25ClN2OS. The van der Waals surface area contributed by atoms with Crippen LogP contribution in [0, 0.1) is 5.92 Å². The molecule has 4 rings (SSSR count). The van der Waals surface area contributed by atoms with Gasteiger partial charge in [-0.05, 0) is 54.7 Å². The molecule has 146 valence electrons. The van der Waals surface area contributed by atoms with Crippen LogP contribution in [0.3, 0.4) is 0 Å². The van der Waals surface area contributed by atoms with Crippen molar-refractivity contribution >= 4 is 41.0 Å². The van der Waals surface area contributed by atoms with Gasteiger partial charge in [0.05, 0.1) is 4.91 Å². The first-order chi connectivity index (χ1) is 13.6. The highest BCUT2D eigenvalue weighted by molar-refractivity contribution is 8.05. The first-order valence-electron chi connectivity index (χ1n) is 9.90. The fourth-order valence-electron chi connectivity index (χ4n) is 4.08. The maximum atomic E-state index is 13.4. The van der Waals surface area contributed by atoms with Crippen LogP contribution in [0.5, 0.6) is 0 Å². The molecule has 28 heavy (non-hydrogen) atoms. The van der Waals surface area contributed by atoms with E-state index < -0.39 is 0 Å². The first-order valence-corrected chi connectivity index (χ1v) is 11.2. The molecule has 2 fully saturated rings. The molecule has 1 N–H and O–H groups in total. The molecule has 0 aromatic heterocycles. The van der Waals surface area contributed by atoms with Gasteiger partial charge < -0.3 is 10.2 Å². The summed E-state index contributed by atoms with van der Waals surface area (Å²) in [5, 5.41) is 4.27. The molecular weight excluding hydrogens is 388 g/mol. The highest BCUT2D eigenvalue weighted by Crippen LogP contribution is 2.42. The van der Waals surface area contributed by atoms with Crippen molar-refractivity contribution in [3.8, 4) is 0 Å². The molecule has 5 heteroatoms. The number of anilines is 1. The van der Waals surface area contributed by atoms with Crippen LogP contribution < -0.4 is 5.32 Å². The summed E-state index contributed by atoms with van der Waals surface area (Å²) < 4.78 is 0. The molecule has 1 saturated carbocycles. The Morgan fingerprint density at radius 1 is 1.07 bits per heavy atom. The smallest absolute Gasteiger partial charge is 0.262 e. The van der Waals surface area contributed by atoms with E-state index in [1.807, 2.05) is 48.5 Å². The zero-order valence-electron chi connectivity index (χ0n) is 16.0. The van der Waals surface area contributed by atoms with Crippen molar-refractivity contribution in [2.45, 2.75) is 44.1 Å². The fourth-order valence-corrected chi connectivity index (χ4v) is 5.42. The van der Waals surface area contributed by atoms with Crippen molar-refractivity contribution in [3.63, 3.8) is 0 Å². The second-order valence-electron chi connectivity index (χ2n) is 7.58. The second-order valence-corrected chi connectivity index (χ2v) is 9.14. The molecule has 0 radical (unpaired) electrons. The third-order valence-corrected chi connectivity index (χ3v) is 6.96. The van der Waals surface area contributed by atoms with Crippen molar-refractivity contribution < 1.29 is 4.79 Å². The number of nitrogens with one attached hydrogen (secondary N) is 1. The standard InChI is InChI=1S/C23H25ClN2OS/c1-16-7-5-6-10-20(16)26-22(27)21(15-17-11-13-18(24)14-12-17)28-23(26)25-19-8-3-2-4-9-19/h2-4,8-9,11-16,20,23,25H,5-7,10H2,1H3/b21-15-/t16-,20-,23?/m1/s1. The molecule has 1 aliphatic carbocycles. The van der Waals surface area contributed by atoms with Crippen LogP contribution in [0.1, 0.15) is 38.2 Å². The van der Waals surface area contributed by atoms with Crippen LogP contribution in [0.15, 0.2) is 59.5 Å². The summed E-state index contributed by atoms with van der Waals surface area (Å²) in [5.74, 6) is 0.653. The number of amides is 1. The Morgan fingerprint density at radius 2 is 1.79 bits per heavy atom. The van der Waals surface area contributed by atoms with Crippen molar-refractivity contribution in [2.24, 2.45) is 5.92 Å². The van der Waals surface area contributed by atoms with Crippen molar-refractivity contribution in [1.29, 1.82) is 0 Å². The minimum atomic E-state index is -0.0843. The predicted molar refractivity (Wildman–Crippen MR) is 119 cm³/mol. The summed E-state index contributed by atoms with van der Waals surface area (Å²) >= 11 is 7.61. The minimum absolute atomic E-state index is 0.0843. The van der Waals surface area contributed by atoms with E-state index in [1.165, 1.54) is 19.3 Å². The Balaban J connectivity index is 1.63. The number of halogens is 1. The third-order valence-electron chi connectivity index (χ3n) is 5.59. The molecule has 0 bridgehead atoms. The zero-order chi connectivity index (χ0) is 19.5. The van der Waals surface area contributed by atoms with Crippen LogP contribution >= 0.6 is 23.4 Å². The first kappa shape index (κ1) is 19.4. The number of hydrogen-bond acceptors (Lipinski definition) is 3. The van der Waals surface area contributed by atoms with Gasteiger partial charge in [-0.15, -0.1) is 0 Å². The molecule has 2 aromatic rings. The SMILES string of the molecule is C[C@@H]1CCCC[C@H]1N1C(=O)/C(=C/c2ccc(Cl)cc2)SC1Nc1ccccc1. The monoisotopic (exact) mass is 412 g/mol. The van der Waals surface area contributed by atoms with E-state index in [0.29, 0.717) is 10.9 Å². The van der Waals surface area contributed by atoms with Gasteiger partial charge in [0.25, 0.3) is 5.91 Å². The summed E-state index contributed by atoms with van der Waals surface area (Å²) in [4.78, 5) is 16.3. The number of rotatable bonds is 4. The summed E-state index contributed by atoms with van der Waals surface area (Å²) in [7, 11) is 0. The van der Waals surface area contributed by atoms with Gasteiger partial charge in [-0.25, -0.2) is 0 Å². The molecule has 1 heterocycles. The van der Waals surface area contributed by atoms with Crippen molar-refractivity contribution in [3.05, 3.63) is 70.1 Å². The molecule has 2 aromatic carbocycles. The lowest BCUT2D eigenvalue weighted by atomic mass is 9.85. The number of carbonyl (C=O) groups is 1. The zero-order valence-corrected chi connectivity index (χ0v) is 17.5. The molecule has 1 amide bonds. The van der Waals surface area contributed by atoms with Gasteiger partial charge in [0.15, 0.2) is 5.50 Å². The second kappa shape index (κ2) is 8.62. The number of para-hydroxylation sites is 1. The molecule has 1 aliphatic heterocycles. The van der Waals surface area contributed by atoms with E-state index in [4.69, 9.17) is 11.6 Å². The van der Waals surface area contributed by atoms with E-state index >= 15 is 0 Å². The lowest BCUT2D eigenvalue weighted by Gasteiger charge is -2.39. The quantitative estimate of drug-likeness (QED) is 0.604. The van der Waals surface area contributed by atoms with Crippen LogP contribution in [-0.2, 0) is 4.79 Å². The van der Waals surface area contributed by atoms with Gasteiger partial charge >= 0.3 is 0 Å². The lowest BCUT2D eigenvalue weighted by Crippen LogP contribution is -2.48. The van der Waals surface area contributed by atoms with Crippen LogP contribution in [0.2, 0.25) is 5.02 Å². The number of benzene rings is 2. The predicted octanol–water partition coefficient (Wildman–Crippen LogP) is 6.23. The van der Waals surface area contributed by atoms with E-state index in [0.717, 1.165) is 22.6 Å². The number of thioether (sulfide) groups is 1. The van der Waals surface area contributed by atoms with E-state index in [2.05, 4.69) is 29.3 Å². The molecule has 1 saturated heterocycles. The molecule has 3 atom stereocenters. The summed E-state index contributed by atoms with van der Waals surface area (Å²) in [5.41, 5.74) is 1.95. The van der Waals surface area contributed by atoms with Gasteiger partial charge in [0.2, 0.25) is 0 Å². The average molecular weight is 413 g/mol. The normalized spacial score (nSPS) is 26.6. The van der Waals surface area contributed by atoms with Crippen LogP contribution in [-0.4, -0.2) is 22.3 Å². The number of hydrogen-bond donors (Lipinski definition) is 1. The lowest BCUT2D eigenvalue weighted by molar-refractivity contribution is -0.129. The van der Waals surface area contributed by atoms with E-state index in [-0.39, 0.29) is 17.4 Å². The topological polar surface area (TPSA) is 32.3 Å². The number of carbonyl (C=O) groups excluding carboxylic acids is 1. The van der Waals surface area contributed by atoms with Crippen molar-refractivity contribution in [2.75, 3.05) is 5.32 Å². The summed E-state index contributed by atoms with van der Waals surface area (Å²) in [6.45, 7) is 2.28. The van der Waals surface area contributed by atoms with Crippen molar-refractivity contribution in [1.82, 2.24) is 4.90 Å². The fraction of sp³-hybridized carbons (Fsp3) is 0.348. The van der Waals surface area contributed by atoms with Gasteiger partial charge in [-0.1, -0.05) is 73.5 Å². The minimum Gasteiger partial charge on any atom is -0.356 e. The Morgan fingerprint density at radius 3 is 2.50 bits per heavy atom. The molecule has 3 nitrogen and oxygen atoms in total. The Labute approximate surface area is 176 Å². The highest BCUT2D eigenvalue weighted by atomic mass is 35.5. The van der Waals surface area contributed by atoms with E-state index in [9.17, 15) is 4.79 Å². The molecule has 0 spiro atoms. The Bertz CT molecular complexity index is 853. The maximum Gasteiger partial charge on any atom is 0.262 e.